The summed E-state index contributed by atoms with van der Waals surface area (Å²) in [6.07, 6.45) is 9.80. The molecule has 4 bridgehead atoms. The Bertz CT molecular complexity index is 1390. The van der Waals surface area contributed by atoms with E-state index < -0.39 is 5.97 Å². The average Bonchev–Trinajstić information content (AvgIpc) is 3.29. The highest BCUT2D eigenvalue weighted by atomic mass is 35.5. The van der Waals surface area contributed by atoms with E-state index in [0.29, 0.717) is 50.2 Å². The number of nitrogens with one attached hydrogen (secondary N) is 2. The molecule has 1 aromatic heterocycles. The van der Waals surface area contributed by atoms with E-state index in [1.54, 1.807) is 31.2 Å². The standard InChI is InChI=1S/C30H31Cl2N3O3/c1-16-5-6-20(12-22(16)29(37)38)33-28(36)26-24(34-27(35-26)21-3-2-4-23(31)25(21)32)7-8-30-13-17-9-18(14-30)11-19(10-17)15-30/h2-6,12,17-19H,7-11,13-15H2,1H3,(H,33,36)(H,34,35)(H,37,38). The minimum Gasteiger partial charge on any atom is -0.478 e. The fourth-order valence-corrected chi connectivity index (χ4v) is 8.09. The van der Waals surface area contributed by atoms with E-state index in [4.69, 9.17) is 28.2 Å². The molecule has 6 nitrogen and oxygen atoms in total. The molecule has 0 radical (unpaired) electrons. The highest BCUT2D eigenvalue weighted by Gasteiger charge is 2.50. The van der Waals surface area contributed by atoms with E-state index >= 15 is 0 Å². The Kier molecular flexibility index (Phi) is 6.51. The second-order valence-electron chi connectivity index (χ2n) is 11.7. The van der Waals surface area contributed by atoms with E-state index in [9.17, 15) is 14.7 Å². The number of carbonyl (C=O) groups is 2. The van der Waals surface area contributed by atoms with Crippen LogP contribution in [-0.2, 0) is 6.42 Å². The lowest BCUT2D eigenvalue weighted by Gasteiger charge is -2.57. The van der Waals surface area contributed by atoms with Gasteiger partial charge in [-0.3, -0.25) is 4.79 Å². The Morgan fingerprint density at radius 1 is 1.08 bits per heavy atom. The number of aromatic nitrogens is 2. The molecule has 0 unspecified atom stereocenters. The minimum absolute atomic E-state index is 0.151. The molecule has 0 atom stereocenters. The third kappa shape index (κ3) is 4.73. The number of carboxylic acid groups (broad SMARTS) is 1. The molecule has 1 amide bonds. The first-order valence-electron chi connectivity index (χ1n) is 13.4. The van der Waals surface area contributed by atoms with Crippen molar-refractivity contribution in [2.75, 3.05) is 5.32 Å². The van der Waals surface area contributed by atoms with Crippen LogP contribution >= 0.6 is 23.2 Å². The maximum atomic E-state index is 13.5. The Labute approximate surface area is 232 Å². The van der Waals surface area contributed by atoms with Crippen LogP contribution in [0.4, 0.5) is 5.69 Å². The first-order chi connectivity index (χ1) is 18.2. The number of carboxylic acids is 1. The second kappa shape index (κ2) is 9.73. The lowest BCUT2D eigenvalue weighted by Crippen LogP contribution is -2.46. The topological polar surface area (TPSA) is 95.1 Å². The number of anilines is 1. The number of amides is 1. The van der Waals surface area contributed by atoms with Gasteiger partial charge in [0, 0.05) is 16.9 Å². The van der Waals surface area contributed by atoms with Gasteiger partial charge in [0.25, 0.3) is 5.91 Å². The Balaban J connectivity index is 1.31. The van der Waals surface area contributed by atoms with Crippen molar-refractivity contribution >= 4 is 40.8 Å². The number of benzene rings is 2. The van der Waals surface area contributed by atoms with Crippen molar-refractivity contribution in [1.82, 2.24) is 9.97 Å². The molecule has 4 aliphatic rings. The van der Waals surface area contributed by atoms with E-state index in [1.807, 2.05) is 6.07 Å². The highest BCUT2D eigenvalue weighted by molar-refractivity contribution is 6.43. The summed E-state index contributed by atoms with van der Waals surface area (Å²) in [4.78, 5) is 33.2. The number of halogens is 2. The predicted molar refractivity (Wildman–Crippen MR) is 149 cm³/mol. The average molecular weight is 553 g/mol. The van der Waals surface area contributed by atoms with E-state index in [0.717, 1.165) is 29.9 Å². The molecule has 0 spiro atoms. The van der Waals surface area contributed by atoms with Crippen LogP contribution in [0.1, 0.15) is 77.0 Å². The number of H-pyrrole nitrogens is 1. The molecule has 198 valence electrons. The number of aromatic amines is 1. The molecular formula is C30H31Cl2N3O3. The van der Waals surface area contributed by atoms with Gasteiger partial charge in [-0.1, -0.05) is 35.3 Å². The van der Waals surface area contributed by atoms with Crippen LogP contribution in [0.5, 0.6) is 0 Å². The molecule has 1 heterocycles. The Morgan fingerprint density at radius 2 is 1.76 bits per heavy atom. The molecule has 4 aliphatic carbocycles. The summed E-state index contributed by atoms with van der Waals surface area (Å²) in [5, 5.41) is 13.2. The van der Waals surface area contributed by atoms with Crippen LogP contribution in [0.2, 0.25) is 10.0 Å². The van der Waals surface area contributed by atoms with Gasteiger partial charge in [-0.2, -0.15) is 0 Å². The fourth-order valence-electron chi connectivity index (χ4n) is 7.70. The van der Waals surface area contributed by atoms with Crippen LogP contribution in [0, 0.1) is 30.1 Å². The van der Waals surface area contributed by atoms with Gasteiger partial charge in [0.1, 0.15) is 11.5 Å². The summed E-state index contributed by atoms with van der Waals surface area (Å²) in [5.41, 5.74) is 3.26. The minimum atomic E-state index is -1.03. The second-order valence-corrected chi connectivity index (χ2v) is 12.5. The van der Waals surface area contributed by atoms with Crippen molar-refractivity contribution in [1.29, 1.82) is 0 Å². The van der Waals surface area contributed by atoms with Crippen molar-refractivity contribution in [3.63, 3.8) is 0 Å². The third-order valence-electron chi connectivity index (χ3n) is 9.00. The van der Waals surface area contributed by atoms with E-state index in [-0.39, 0.29) is 11.5 Å². The maximum Gasteiger partial charge on any atom is 0.336 e. The van der Waals surface area contributed by atoms with Gasteiger partial charge in [-0.25, -0.2) is 9.78 Å². The van der Waals surface area contributed by atoms with Crippen molar-refractivity contribution < 1.29 is 14.7 Å². The number of carbonyl (C=O) groups excluding carboxylic acids is 1. The van der Waals surface area contributed by atoms with Crippen LogP contribution in [0.3, 0.4) is 0 Å². The number of nitrogens with zero attached hydrogens (tertiary/aromatic N) is 1. The molecule has 2 aromatic carbocycles. The SMILES string of the molecule is Cc1ccc(NC(=O)c2nc(-c3cccc(Cl)c3Cl)[nH]c2CCC23CC4CC(CC(C4)C2)C3)cc1C(=O)O. The summed E-state index contributed by atoms with van der Waals surface area (Å²) in [5.74, 6) is 1.65. The molecule has 8 heteroatoms. The predicted octanol–water partition coefficient (Wildman–Crippen LogP) is 7.79. The van der Waals surface area contributed by atoms with Gasteiger partial charge in [0.2, 0.25) is 0 Å². The van der Waals surface area contributed by atoms with Crippen LogP contribution in [0.15, 0.2) is 36.4 Å². The van der Waals surface area contributed by atoms with Crippen LogP contribution < -0.4 is 5.32 Å². The molecule has 4 fully saturated rings. The van der Waals surface area contributed by atoms with Crippen molar-refractivity contribution in [2.24, 2.45) is 23.2 Å². The zero-order valence-corrected chi connectivity index (χ0v) is 22.8. The van der Waals surface area contributed by atoms with Crippen LogP contribution in [-0.4, -0.2) is 27.0 Å². The molecule has 0 aliphatic heterocycles. The van der Waals surface area contributed by atoms with Gasteiger partial charge >= 0.3 is 5.97 Å². The van der Waals surface area contributed by atoms with Gasteiger partial charge in [0.15, 0.2) is 0 Å². The van der Waals surface area contributed by atoms with Crippen LogP contribution in [0.25, 0.3) is 11.4 Å². The number of aryl methyl sites for hydroxylation is 2. The fraction of sp³-hybridized carbons (Fsp3) is 0.433. The third-order valence-corrected chi connectivity index (χ3v) is 9.82. The van der Waals surface area contributed by atoms with Gasteiger partial charge in [-0.05, 0) is 111 Å². The molecule has 3 N–H and O–H groups in total. The van der Waals surface area contributed by atoms with Gasteiger partial charge in [0.05, 0.1) is 15.6 Å². The molecule has 0 saturated heterocycles. The number of imidazole rings is 1. The monoisotopic (exact) mass is 551 g/mol. The maximum absolute atomic E-state index is 13.5. The summed E-state index contributed by atoms with van der Waals surface area (Å²) < 4.78 is 0. The largest absolute Gasteiger partial charge is 0.478 e. The Hall–Kier alpha value is -2.83. The highest BCUT2D eigenvalue weighted by Crippen LogP contribution is 2.61. The first kappa shape index (κ1) is 25.4. The normalized spacial score (nSPS) is 25.5. The molecule has 3 aromatic rings. The number of hydrogen-bond donors (Lipinski definition) is 3. The van der Waals surface area contributed by atoms with Crippen molar-refractivity contribution in [3.05, 3.63) is 69.0 Å². The zero-order valence-electron chi connectivity index (χ0n) is 21.3. The van der Waals surface area contributed by atoms with Gasteiger partial charge in [-0.15, -0.1) is 0 Å². The summed E-state index contributed by atoms with van der Waals surface area (Å²) in [7, 11) is 0. The quantitative estimate of drug-likeness (QED) is 0.279. The zero-order chi connectivity index (χ0) is 26.6. The molecule has 38 heavy (non-hydrogen) atoms. The summed E-state index contributed by atoms with van der Waals surface area (Å²) >= 11 is 12.8. The number of hydrogen-bond acceptors (Lipinski definition) is 3. The molecule has 7 rings (SSSR count). The van der Waals surface area contributed by atoms with E-state index in [2.05, 4.69) is 10.3 Å². The smallest absolute Gasteiger partial charge is 0.336 e. The van der Waals surface area contributed by atoms with E-state index in [1.165, 1.54) is 44.6 Å². The lowest BCUT2D eigenvalue weighted by molar-refractivity contribution is -0.0570. The number of rotatable bonds is 7. The van der Waals surface area contributed by atoms with Crippen molar-refractivity contribution in [3.8, 4) is 11.4 Å². The first-order valence-corrected chi connectivity index (χ1v) is 14.1. The molecule has 4 saturated carbocycles. The number of aromatic carboxylic acids is 1. The van der Waals surface area contributed by atoms with Crippen molar-refractivity contribution in [2.45, 2.75) is 58.3 Å². The Morgan fingerprint density at radius 3 is 2.42 bits per heavy atom. The van der Waals surface area contributed by atoms with Gasteiger partial charge < -0.3 is 15.4 Å². The summed E-state index contributed by atoms with van der Waals surface area (Å²) in [6, 6.07) is 10.2. The summed E-state index contributed by atoms with van der Waals surface area (Å²) in [6.45, 7) is 1.73. The lowest BCUT2D eigenvalue weighted by atomic mass is 9.48. The molecular weight excluding hydrogens is 521 g/mol.